The molecule has 0 saturated carbocycles. The molecular formula is C7H2BrN3O4. The fourth-order valence-electron chi connectivity index (χ4n) is 0.924. The van der Waals surface area contributed by atoms with Crippen LogP contribution in [0.1, 0.15) is 5.56 Å². The topological polar surface area (TPSA) is 110 Å². The molecule has 7 nitrogen and oxygen atoms in total. The molecule has 0 fully saturated rings. The SMILES string of the molecule is N#Cc1cc([N+](=O)[O-])c(Br)c([N+](=O)[O-])c1. The van der Waals surface area contributed by atoms with Crippen molar-refractivity contribution in [1.82, 2.24) is 0 Å². The zero-order chi connectivity index (χ0) is 11.6. The van der Waals surface area contributed by atoms with E-state index in [-0.39, 0.29) is 10.0 Å². The van der Waals surface area contributed by atoms with Gasteiger partial charge in [-0.15, -0.1) is 0 Å². The molecule has 0 aliphatic carbocycles. The third-order valence-electron chi connectivity index (χ3n) is 1.56. The molecule has 15 heavy (non-hydrogen) atoms. The lowest BCUT2D eigenvalue weighted by molar-refractivity contribution is -0.395. The van der Waals surface area contributed by atoms with Crippen LogP contribution in [-0.4, -0.2) is 9.85 Å². The normalized spacial score (nSPS) is 9.33. The molecule has 0 atom stereocenters. The molecule has 0 spiro atoms. The summed E-state index contributed by atoms with van der Waals surface area (Å²) in [5.41, 5.74) is -1.13. The monoisotopic (exact) mass is 271 g/mol. The minimum absolute atomic E-state index is 0.128. The van der Waals surface area contributed by atoms with Crippen molar-refractivity contribution in [1.29, 1.82) is 5.26 Å². The van der Waals surface area contributed by atoms with Gasteiger partial charge in [0.15, 0.2) is 4.47 Å². The number of nitriles is 1. The lowest BCUT2D eigenvalue weighted by Crippen LogP contribution is -1.96. The number of hydrogen-bond acceptors (Lipinski definition) is 5. The Kier molecular flexibility index (Phi) is 2.96. The van der Waals surface area contributed by atoms with Crippen molar-refractivity contribution in [2.45, 2.75) is 0 Å². The Bertz CT molecular complexity index is 458. The third-order valence-corrected chi connectivity index (χ3v) is 2.37. The van der Waals surface area contributed by atoms with E-state index in [2.05, 4.69) is 15.9 Å². The summed E-state index contributed by atoms with van der Waals surface area (Å²) < 4.78 is -0.239. The minimum Gasteiger partial charge on any atom is -0.258 e. The van der Waals surface area contributed by atoms with E-state index in [9.17, 15) is 20.2 Å². The first kappa shape index (κ1) is 11.1. The zero-order valence-electron chi connectivity index (χ0n) is 7.01. The maximum Gasteiger partial charge on any atom is 0.291 e. The standard InChI is InChI=1S/C7H2BrN3O4/c8-7-5(10(12)13)1-4(3-9)2-6(7)11(14)15/h1-2H. The zero-order valence-corrected chi connectivity index (χ0v) is 8.59. The third kappa shape index (κ3) is 2.08. The number of hydrogen-bond donors (Lipinski definition) is 0. The highest BCUT2D eigenvalue weighted by molar-refractivity contribution is 9.10. The summed E-state index contributed by atoms with van der Waals surface area (Å²) in [6.45, 7) is 0. The number of nitro groups is 2. The average molecular weight is 272 g/mol. The van der Waals surface area contributed by atoms with Gasteiger partial charge in [-0.25, -0.2) is 0 Å². The molecule has 1 aromatic carbocycles. The molecule has 0 N–H and O–H groups in total. The smallest absolute Gasteiger partial charge is 0.258 e. The van der Waals surface area contributed by atoms with E-state index in [1.807, 2.05) is 0 Å². The molecule has 1 aromatic rings. The first-order chi connectivity index (χ1) is 6.97. The van der Waals surface area contributed by atoms with Crippen molar-refractivity contribution in [3.05, 3.63) is 42.4 Å². The van der Waals surface area contributed by atoms with Gasteiger partial charge in [-0.2, -0.15) is 5.26 Å². The van der Waals surface area contributed by atoms with E-state index in [1.165, 1.54) is 0 Å². The molecule has 76 valence electrons. The Hall–Kier alpha value is -2.01. The van der Waals surface area contributed by atoms with Gasteiger partial charge >= 0.3 is 0 Å². The summed E-state index contributed by atoms with van der Waals surface area (Å²) in [5, 5.41) is 29.5. The Morgan fingerprint density at radius 2 is 1.60 bits per heavy atom. The maximum atomic E-state index is 10.5. The Balaban J connectivity index is 3.56. The Morgan fingerprint density at radius 1 is 1.20 bits per heavy atom. The van der Waals surface area contributed by atoms with Gasteiger partial charge in [0, 0.05) is 12.1 Å². The van der Waals surface area contributed by atoms with E-state index in [0.29, 0.717) is 0 Å². The lowest BCUT2D eigenvalue weighted by atomic mass is 10.2. The molecule has 0 aliphatic rings. The molecule has 0 heterocycles. The van der Waals surface area contributed by atoms with Crippen LogP contribution in [0.25, 0.3) is 0 Å². The molecule has 0 unspecified atom stereocenters. The van der Waals surface area contributed by atoms with E-state index < -0.39 is 21.2 Å². The predicted molar refractivity (Wildman–Crippen MR) is 52.2 cm³/mol. The highest BCUT2D eigenvalue weighted by Gasteiger charge is 2.24. The van der Waals surface area contributed by atoms with Gasteiger partial charge in [0.25, 0.3) is 11.4 Å². The number of rotatable bonds is 2. The van der Waals surface area contributed by atoms with Crippen LogP contribution < -0.4 is 0 Å². The molecule has 0 aliphatic heterocycles. The number of nitro benzene ring substituents is 2. The van der Waals surface area contributed by atoms with Crippen molar-refractivity contribution in [3.63, 3.8) is 0 Å². The van der Waals surface area contributed by atoms with Crippen LogP contribution in [0.2, 0.25) is 0 Å². The quantitative estimate of drug-likeness (QED) is 0.604. The first-order valence-corrected chi connectivity index (χ1v) is 4.29. The highest BCUT2D eigenvalue weighted by atomic mass is 79.9. The van der Waals surface area contributed by atoms with Crippen molar-refractivity contribution in [2.75, 3.05) is 0 Å². The van der Waals surface area contributed by atoms with Gasteiger partial charge in [-0.1, -0.05) is 0 Å². The largest absolute Gasteiger partial charge is 0.291 e. The second-order valence-electron chi connectivity index (χ2n) is 2.45. The first-order valence-electron chi connectivity index (χ1n) is 3.49. The van der Waals surface area contributed by atoms with Gasteiger partial charge < -0.3 is 0 Å². The summed E-state index contributed by atoms with van der Waals surface area (Å²) in [7, 11) is 0. The van der Waals surface area contributed by atoms with E-state index in [1.54, 1.807) is 6.07 Å². The summed E-state index contributed by atoms with van der Waals surface area (Å²) in [6.07, 6.45) is 0. The predicted octanol–water partition coefficient (Wildman–Crippen LogP) is 2.14. The number of nitrogens with zero attached hydrogens (tertiary/aromatic N) is 3. The van der Waals surface area contributed by atoms with Crippen molar-refractivity contribution >= 4 is 27.3 Å². The maximum absolute atomic E-state index is 10.5. The summed E-state index contributed by atoms with van der Waals surface area (Å²) in [4.78, 5) is 19.4. The van der Waals surface area contributed by atoms with E-state index in [4.69, 9.17) is 5.26 Å². The van der Waals surface area contributed by atoms with Gasteiger partial charge in [0.2, 0.25) is 0 Å². The summed E-state index contributed by atoms with van der Waals surface area (Å²) in [5.74, 6) is 0. The summed E-state index contributed by atoms with van der Waals surface area (Å²) >= 11 is 2.75. The number of benzene rings is 1. The molecule has 0 amide bonds. The number of halogens is 1. The minimum atomic E-state index is -0.794. The second kappa shape index (κ2) is 4.02. The highest BCUT2D eigenvalue weighted by Crippen LogP contribution is 2.34. The molecule has 1 rings (SSSR count). The van der Waals surface area contributed by atoms with Crippen LogP contribution in [-0.2, 0) is 0 Å². The Labute approximate surface area is 91.4 Å². The van der Waals surface area contributed by atoms with Crippen LogP contribution in [0.5, 0.6) is 0 Å². The van der Waals surface area contributed by atoms with E-state index in [0.717, 1.165) is 12.1 Å². The van der Waals surface area contributed by atoms with Crippen LogP contribution in [0.15, 0.2) is 16.6 Å². The van der Waals surface area contributed by atoms with Crippen LogP contribution in [0.3, 0.4) is 0 Å². The summed E-state index contributed by atoms with van der Waals surface area (Å²) in [6, 6.07) is 3.55. The molecule has 0 saturated heterocycles. The van der Waals surface area contributed by atoms with E-state index >= 15 is 0 Å². The van der Waals surface area contributed by atoms with Gasteiger partial charge in [-0.05, 0) is 15.9 Å². The molecule has 0 aromatic heterocycles. The molecule has 8 heteroatoms. The fourth-order valence-corrected chi connectivity index (χ4v) is 1.44. The molecular weight excluding hydrogens is 270 g/mol. The van der Waals surface area contributed by atoms with Crippen LogP contribution >= 0.6 is 15.9 Å². The molecule has 0 radical (unpaired) electrons. The van der Waals surface area contributed by atoms with Gasteiger partial charge in [-0.3, -0.25) is 20.2 Å². The van der Waals surface area contributed by atoms with Crippen molar-refractivity contribution in [3.8, 4) is 6.07 Å². The Morgan fingerprint density at radius 3 is 1.87 bits per heavy atom. The second-order valence-corrected chi connectivity index (χ2v) is 3.25. The molecule has 0 bridgehead atoms. The fraction of sp³-hybridized carbons (Fsp3) is 0. The lowest BCUT2D eigenvalue weighted by Gasteiger charge is -1.97. The van der Waals surface area contributed by atoms with Crippen LogP contribution in [0.4, 0.5) is 11.4 Å². The van der Waals surface area contributed by atoms with Crippen LogP contribution in [0, 0.1) is 31.6 Å². The van der Waals surface area contributed by atoms with Gasteiger partial charge in [0.1, 0.15) is 0 Å². The average Bonchev–Trinajstić information content (AvgIpc) is 2.17. The van der Waals surface area contributed by atoms with Crippen molar-refractivity contribution < 1.29 is 9.85 Å². The van der Waals surface area contributed by atoms with Crippen molar-refractivity contribution in [2.24, 2.45) is 0 Å². The van der Waals surface area contributed by atoms with Gasteiger partial charge in [0.05, 0.1) is 21.5 Å².